The highest BCUT2D eigenvalue weighted by molar-refractivity contribution is 6.16. The Labute approximate surface area is 450 Å². The second kappa shape index (κ2) is 16.3. The van der Waals surface area contributed by atoms with Crippen molar-refractivity contribution in [3.63, 3.8) is 0 Å². The summed E-state index contributed by atoms with van der Waals surface area (Å²) in [6, 6.07) is 73.3. The molecule has 0 aliphatic carbocycles. The van der Waals surface area contributed by atoms with Crippen LogP contribution in [0.1, 0.15) is 33.4 Å². The van der Waals surface area contributed by atoms with Gasteiger partial charge in [-0.2, -0.15) is 0 Å². The van der Waals surface area contributed by atoms with E-state index in [1.807, 2.05) is 6.07 Å². The van der Waals surface area contributed by atoms with Crippen LogP contribution in [0.25, 0.3) is 116 Å². The van der Waals surface area contributed by atoms with Crippen molar-refractivity contribution in [2.75, 3.05) is 4.90 Å². The van der Waals surface area contributed by atoms with Gasteiger partial charge in [0.15, 0.2) is 23.1 Å². The molecule has 0 atom stereocenters. The van der Waals surface area contributed by atoms with E-state index in [1.165, 1.54) is 65.7 Å². The molecule has 0 bridgehead atoms. The van der Waals surface area contributed by atoms with Gasteiger partial charge < -0.3 is 18.3 Å². The van der Waals surface area contributed by atoms with Crippen LogP contribution in [-0.4, -0.2) is 18.7 Å². The zero-order valence-electron chi connectivity index (χ0n) is 44.1. The van der Waals surface area contributed by atoms with Gasteiger partial charge in [-0.3, -0.25) is 9.47 Å². The molecule has 0 fully saturated rings. The van der Waals surface area contributed by atoms with E-state index in [0.29, 0.717) is 0 Å². The molecule has 78 heavy (non-hydrogen) atoms. The van der Waals surface area contributed by atoms with Crippen LogP contribution in [0.5, 0.6) is 11.5 Å². The molecule has 6 heterocycles. The van der Waals surface area contributed by atoms with E-state index in [-0.39, 0.29) is 0 Å². The van der Waals surface area contributed by atoms with E-state index in [0.717, 1.165) is 112 Å². The van der Waals surface area contributed by atoms with Gasteiger partial charge in [-0.25, -0.2) is 4.98 Å². The molecular weight excluding hydrogens is 955 g/mol. The first-order chi connectivity index (χ1) is 38.1. The van der Waals surface area contributed by atoms with Crippen LogP contribution >= 0.6 is 0 Å². The summed E-state index contributed by atoms with van der Waals surface area (Å²) in [6.07, 6.45) is 0. The van der Waals surface area contributed by atoms with Crippen molar-refractivity contribution in [2.24, 2.45) is 0 Å². The molecule has 10 aromatic carbocycles. The fourth-order valence-corrected chi connectivity index (χ4v) is 12.8. The number of nitrogens with zero attached hydrogens (tertiary/aromatic N) is 5. The Morgan fingerprint density at radius 1 is 0.321 bits per heavy atom. The number of rotatable bonds is 5. The molecule has 15 aromatic rings. The molecule has 0 spiro atoms. The molecule has 1 aliphatic heterocycles. The molecule has 0 amide bonds. The van der Waals surface area contributed by atoms with Gasteiger partial charge in [-0.15, -0.1) is 0 Å². The molecule has 1 aliphatic rings. The Morgan fingerprint density at radius 3 is 1.17 bits per heavy atom. The molecule has 5 aromatic heterocycles. The van der Waals surface area contributed by atoms with Gasteiger partial charge in [0, 0.05) is 48.7 Å². The fourth-order valence-electron chi connectivity index (χ4n) is 12.8. The van der Waals surface area contributed by atoms with Crippen molar-refractivity contribution < 1.29 is 9.15 Å². The minimum absolute atomic E-state index is 0.741. The third kappa shape index (κ3) is 6.36. The monoisotopic (exact) mass is 1010 g/mol. The zero-order valence-corrected chi connectivity index (χ0v) is 44.1. The number of hydrogen-bond acceptors (Lipinski definition) is 4. The molecule has 372 valence electrons. The average Bonchev–Trinajstić information content (AvgIpc) is 4.34. The summed E-state index contributed by atoms with van der Waals surface area (Å²) in [5, 5.41) is 9.14. The Morgan fingerprint density at radius 2 is 0.705 bits per heavy atom. The van der Waals surface area contributed by atoms with E-state index in [4.69, 9.17) is 14.1 Å². The number of benzene rings is 10. The smallest absolute Gasteiger partial charge is 0.165 e. The van der Waals surface area contributed by atoms with Crippen LogP contribution in [0.2, 0.25) is 0 Å². The van der Waals surface area contributed by atoms with Crippen LogP contribution < -0.4 is 9.64 Å². The number of hydrogen-bond donors (Lipinski definition) is 0. The topological polar surface area (TPSA) is 53.3 Å². The number of para-hydroxylation sites is 5. The third-order valence-electron chi connectivity index (χ3n) is 16.3. The van der Waals surface area contributed by atoms with Gasteiger partial charge in [0.2, 0.25) is 0 Å². The van der Waals surface area contributed by atoms with Crippen molar-refractivity contribution in [1.82, 2.24) is 18.7 Å². The van der Waals surface area contributed by atoms with Gasteiger partial charge in [0.1, 0.15) is 22.5 Å². The Hall–Kier alpha value is -9.85. The van der Waals surface area contributed by atoms with E-state index in [2.05, 4.69) is 254 Å². The lowest BCUT2D eigenvalue weighted by Crippen LogP contribution is -2.22. The maximum absolute atomic E-state index is 6.86. The minimum atomic E-state index is 0.741. The van der Waals surface area contributed by atoms with Crippen LogP contribution in [0, 0.1) is 41.5 Å². The number of aromatic nitrogens is 4. The van der Waals surface area contributed by atoms with Gasteiger partial charge in [0.25, 0.3) is 0 Å². The Bertz CT molecular complexity index is 4880. The molecule has 0 N–H and O–H groups in total. The van der Waals surface area contributed by atoms with E-state index < -0.39 is 0 Å². The van der Waals surface area contributed by atoms with Crippen molar-refractivity contribution in [2.45, 2.75) is 41.5 Å². The van der Waals surface area contributed by atoms with Gasteiger partial charge in [0.05, 0.1) is 44.5 Å². The second-order valence-corrected chi connectivity index (χ2v) is 21.6. The number of fused-ring (bicyclic) bond motifs is 14. The molecule has 0 unspecified atom stereocenters. The molecule has 7 heteroatoms. The molecule has 16 rings (SSSR count). The highest BCUT2D eigenvalue weighted by Gasteiger charge is 2.36. The predicted octanol–water partition coefficient (Wildman–Crippen LogP) is 19.4. The first-order valence-electron chi connectivity index (χ1n) is 26.8. The summed E-state index contributed by atoms with van der Waals surface area (Å²) in [5.41, 5.74) is 20.9. The van der Waals surface area contributed by atoms with Crippen molar-refractivity contribution in [3.8, 4) is 39.8 Å². The third-order valence-corrected chi connectivity index (χ3v) is 16.3. The summed E-state index contributed by atoms with van der Waals surface area (Å²) in [6.45, 7) is 13.1. The summed E-state index contributed by atoms with van der Waals surface area (Å²) in [4.78, 5) is 8.81. The normalized spacial score (nSPS) is 12.6. The SMILES string of the molecule is Cc1ccc2c(c1)c1cc(C)ccc1n2-c1nc(N2c3ccccc3Oc3ccccc32)c(-n2c3ccc(C)cc3c3cc(C)ccc32)c(-c2ccc3oc4ccccc4c3c2)c1-n1c2ccc(C)cc2c2cc(C)ccc21. The highest BCUT2D eigenvalue weighted by Crippen LogP contribution is 2.56. The molecule has 0 saturated heterocycles. The highest BCUT2D eigenvalue weighted by atomic mass is 16.5. The lowest BCUT2D eigenvalue weighted by molar-refractivity contribution is 0.476. The number of anilines is 3. The largest absolute Gasteiger partial charge is 0.456 e. The predicted molar refractivity (Wildman–Crippen MR) is 323 cm³/mol. The van der Waals surface area contributed by atoms with Crippen LogP contribution in [-0.2, 0) is 0 Å². The standard InChI is InChI=1S/C71H51N5O2/c1-40-19-26-55-48(33-40)49-34-41(2)20-27-56(49)73(55)68-67(46-25-32-64-54(39-46)47-13-7-10-16-63(47)77-64)69(74-57-28-21-42(3)35-50(57)51-36-43(4)22-29-58(51)74)71(76-61-14-8-11-17-65(61)78-66-18-12-9-15-62(66)76)72-70(68)75-59-30-23-44(5)37-52(59)53-38-45(6)24-31-60(53)75/h7-39H,1-6H3. The molecule has 0 saturated carbocycles. The maximum Gasteiger partial charge on any atom is 0.165 e. The van der Waals surface area contributed by atoms with Gasteiger partial charge in [-0.05, 0) is 162 Å². The van der Waals surface area contributed by atoms with Gasteiger partial charge >= 0.3 is 0 Å². The lowest BCUT2D eigenvalue weighted by atomic mass is 9.97. The van der Waals surface area contributed by atoms with E-state index in [9.17, 15) is 0 Å². The minimum Gasteiger partial charge on any atom is -0.456 e. The van der Waals surface area contributed by atoms with Crippen LogP contribution in [0.3, 0.4) is 0 Å². The summed E-state index contributed by atoms with van der Waals surface area (Å²) < 4.78 is 21.0. The van der Waals surface area contributed by atoms with Crippen molar-refractivity contribution >= 4 is 105 Å². The average molecular weight is 1010 g/mol. The van der Waals surface area contributed by atoms with E-state index in [1.54, 1.807) is 0 Å². The Balaban J connectivity index is 1.23. The Kier molecular flexibility index (Phi) is 9.30. The van der Waals surface area contributed by atoms with E-state index >= 15 is 0 Å². The summed E-state index contributed by atoms with van der Waals surface area (Å²) >= 11 is 0. The zero-order chi connectivity index (χ0) is 52.2. The summed E-state index contributed by atoms with van der Waals surface area (Å²) in [5.74, 6) is 3.01. The molecule has 0 radical (unpaired) electrons. The summed E-state index contributed by atoms with van der Waals surface area (Å²) in [7, 11) is 0. The van der Waals surface area contributed by atoms with Gasteiger partial charge in [-0.1, -0.05) is 118 Å². The number of furan rings is 1. The second-order valence-electron chi connectivity index (χ2n) is 21.6. The first kappa shape index (κ1) is 44.4. The lowest BCUT2D eigenvalue weighted by Gasteiger charge is -2.35. The quantitative estimate of drug-likeness (QED) is 0.172. The molecular formula is C71H51N5O2. The van der Waals surface area contributed by atoms with Crippen LogP contribution in [0.15, 0.2) is 205 Å². The number of aryl methyl sites for hydroxylation is 6. The molecule has 7 nitrogen and oxygen atoms in total. The maximum atomic E-state index is 6.86. The van der Waals surface area contributed by atoms with Crippen molar-refractivity contribution in [1.29, 1.82) is 0 Å². The number of pyridine rings is 1. The first-order valence-corrected chi connectivity index (χ1v) is 26.8. The van der Waals surface area contributed by atoms with Crippen molar-refractivity contribution in [3.05, 3.63) is 234 Å². The van der Waals surface area contributed by atoms with Crippen LogP contribution in [0.4, 0.5) is 17.2 Å². The fraction of sp³-hybridized carbons (Fsp3) is 0.0845. The number of ether oxygens (including phenoxy) is 1.